The molecule has 0 aliphatic rings. The van der Waals surface area contributed by atoms with Crippen LogP contribution >= 0.6 is 0 Å². The molecule has 0 aliphatic heterocycles. The van der Waals surface area contributed by atoms with Gasteiger partial charge in [-0.25, -0.2) is 8.42 Å². The Morgan fingerprint density at radius 2 is 1.75 bits per heavy atom. The van der Waals surface area contributed by atoms with Crippen molar-refractivity contribution >= 4 is 27.0 Å². The number of hydrogen-bond donors (Lipinski definition) is 1. The SMILES string of the molecule is CCC(C=N)Cn1cc(S(=O)(=O)c2ccccc2)c2ccccc21. The molecule has 1 unspecified atom stereocenters. The van der Waals surface area contributed by atoms with Gasteiger partial charge in [0, 0.05) is 35.8 Å². The number of nitrogens with zero attached hydrogens (tertiary/aromatic N) is 1. The average Bonchev–Trinajstić information content (AvgIpc) is 3.00. The quantitative estimate of drug-likeness (QED) is 0.685. The van der Waals surface area contributed by atoms with Crippen LogP contribution in [0.4, 0.5) is 0 Å². The van der Waals surface area contributed by atoms with Crippen molar-refractivity contribution in [1.82, 2.24) is 4.57 Å². The predicted octanol–water partition coefficient (Wildman–Crippen LogP) is 4.15. The lowest BCUT2D eigenvalue weighted by Crippen LogP contribution is -2.10. The highest BCUT2D eigenvalue weighted by molar-refractivity contribution is 7.91. The van der Waals surface area contributed by atoms with E-state index < -0.39 is 9.84 Å². The van der Waals surface area contributed by atoms with E-state index in [2.05, 4.69) is 0 Å². The summed E-state index contributed by atoms with van der Waals surface area (Å²) in [5.41, 5.74) is 0.882. The largest absolute Gasteiger partial charge is 0.345 e. The number of rotatable bonds is 6. The normalized spacial score (nSPS) is 13.0. The lowest BCUT2D eigenvalue weighted by Gasteiger charge is -2.11. The Balaban J connectivity index is 2.18. The topological polar surface area (TPSA) is 62.9 Å². The van der Waals surface area contributed by atoms with Gasteiger partial charge in [0.25, 0.3) is 0 Å². The molecule has 3 aromatic rings. The summed E-state index contributed by atoms with van der Waals surface area (Å²) in [7, 11) is -3.57. The van der Waals surface area contributed by atoms with Crippen molar-refractivity contribution in [1.29, 1.82) is 5.41 Å². The van der Waals surface area contributed by atoms with E-state index in [1.54, 1.807) is 36.5 Å². The second-order valence-corrected chi connectivity index (χ2v) is 7.73. The van der Waals surface area contributed by atoms with E-state index in [9.17, 15) is 8.42 Å². The van der Waals surface area contributed by atoms with Crippen molar-refractivity contribution in [3.63, 3.8) is 0 Å². The molecule has 3 rings (SSSR count). The van der Waals surface area contributed by atoms with Crippen LogP contribution in [0.25, 0.3) is 10.9 Å². The minimum absolute atomic E-state index is 0.0908. The molecule has 1 heterocycles. The van der Waals surface area contributed by atoms with Crippen LogP contribution in [-0.4, -0.2) is 19.2 Å². The Bertz CT molecular complexity index is 959. The third kappa shape index (κ3) is 2.87. The first kappa shape index (κ1) is 16.5. The summed E-state index contributed by atoms with van der Waals surface area (Å²) in [6.07, 6.45) is 3.98. The van der Waals surface area contributed by atoms with Crippen LogP contribution < -0.4 is 0 Å². The monoisotopic (exact) mass is 340 g/mol. The Hall–Kier alpha value is -2.40. The summed E-state index contributed by atoms with van der Waals surface area (Å²) in [5, 5.41) is 8.25. The van der Waals surface area contributed by atoms with Gasteiger partial charge < -0.3 is 9.98 Å². The Morgan fingerprint density at radius 1 is 1.08 bits per heavy atom. The zero-order chi connectivity index (χ0) is 17.2. The van der Waals surface area contributed by atoms with Gasteiger partial charge in [0.2, 0.25) is 9.84 Å². The maximum atomic E-state index is 13.0. The molecule has 0 radical (unpaired) electrons. The van der Waals surface area contributed by atoms with E-state index >= 15 is 0 Å². The van der Waals surface area contributed by atoms with Crippen molar-refractivity contribution in [2.45, 2.75) is 29.7 Å². The van der Waals surface area contributed by atoms with Crippen molar-refractivity contribution in [2.75, 3.05) is 0 Å². The summed E-state index contributed by atoms with van der Waals surface area (Å²) in [6.45, 7) is 2.63. The lowest BCUT2D eigenvalue weighted by atomic mass is 10.1. The molecule has 2 aromatic carbocycles. The zero-order valence-corrected chi connectivity index (χ0v) is 14.3. The average molecular weight is 340 g/mol. The maximum absolute atomic E-state index is 13.0. The van der Waals surface area contributed by atoms with Crippen molar-refractivity contribution < 1.29 is 8.42 Å². The van der Waals surface area contributed by atoms with E-state index in [4.69, 9.17) is 5.41 Å². The predicted molar refractivity (Wildman–Crippen MR) is 96.4 cm³/mol. The highest BCUT2D eigenvalue weighted by Gasteiger charge is 2.23. The van der Waals surface area contributed by atoms with Crippen LogP contribution in [0.1, 0.15) is 13.3 Å². The van der Waals surface area contributed by atoms with Gasteiger partial charge in [-0.1, -0.05) is 43.3 Å². The number of benzene rings is 2. The van der Waals surface area contributed by atoms with E-state index in [0.717, 1.165) is 17.3 Å². The van der Waals surface area contributed by atoms with Crippen molar-refractivity contribution in [3.8, 4) is 0 Å². The minimum Gasteiger partial charge on any atom is -0.345 e. The second-order valence-electron chi connectivity index (χ2n) is 5.81. The van der Waals surface area contributed by atoms with Gasteiger partial charge in [-0.15, -0.1) is 0 Å². The number of nitrogens with one attached hydrogen (secondary N) is 1. The lowest BCUT2D eigenvalue weighted by molar-refractivity contribution is 0.559. The summed E-state index contributed by atoms with van der Waals surface area (Å²) >= 11 is 0. The summed E-state index contributed by atoms with van der Waals surface area (Å²) in [4.78, 5) is 0.621. The number of fused-ring (bicyclic) bond motifs is 1. The molecule has 124 valence electrons. The Morgan fingerprint density at radius 3 is 2.42 bits per heavy atom. The molecule has 0 saturated carbocycles. The molecule has 1 N–H and O–H groups in total. The van der Waals surface area contributed by atoms with E-state index in [1.807, 2.05) is 35.8 Å². The van der Waals surface area contributed by atoms with E-state index in [-0.39, 0.29) is 5.92 Å². The van der Waals surface area contributed by atoms with Gasteiger partial charge in [0.05, 0.1) is 9.79 Å². The van der Waals surface area contributed by atoms with Crippen molar-refractivity contribution in [3.05, 3.63) is 60.8 Å². The first-order valence-corrected chi connectivity index (χ1v) is 9.45. The molecular formula is C19H20N2O2S. The number of hydrogen-bond acceptors (Lipinski definition) is 3. The van der Waals surface area contributed by atoms with Gasteiger partial charge in [-0.05, 0) is 24.6 Å². The molecule has 4 nitrogen and oxygen atoms in total. The first-order valence-electron chi connectivity index (χ1n) is 7.96. The summed E-state index contributed by atoms with van der Waals surface area (Å²) in [6, 6.07) is 16.0. The third-order valence-electron chi connectivity index (χ3n) is 4.29. The van der Waals surface area contributed by atoms with Gasteiger partial charge in [0.1, 0.15) is 0 Å². The molecule has 0 amide bonds. The van der Waals surface area contributed by atoms with Gasteiger partial charge in [-0.3, -0.25) is 0 Å². The molecular weight excluding hydrogens is 320 g/mol. The van der Waals surface area contributed by atoms with Gasteiger partial charge >= 0.3 is 0 Å². The molecule has 1 aromatic heterocycles. The van der Waals surface area contributed by atoms with E-state index in [0.29, 0.717) is 16.3 Å². The molecule has 24 heavy (non-hydrogen) atoms. The number of aromatic nitrogens is 1. The fourth-order valence-electron chi connectivity index (χ4n) is 2.86. The summed E-state index contributed by atoms with van der Waals surface area (Å²) < 4.78 is 28.0. The molecule has 0 saturated heterocycles. The van der Waals surface area contributed by atoms with Gasteiger partial charge in [0.15, 0.2) is 0 Å². The molecule has 0 bridgehead atoms. The van der Waals surface area contributed by atoms with Crippen LogP contribution in [0.15, 0.2) is 70.6 Å². The first-order chi connectivity index (χ1) is 11.6. The number of para-hydroxylation sites is 1. The van der Waals surface area contributed by atoms with Crippen molar-refractivity contribution in [2.24, 2.45) is 5.92 Å². The standard InChI is InChI=1S/C19H20N2O2S/c1-2-15(12-20)13-21-14-19(17-10-6-7-11-18(17)21)24(22,23)16-8-4-3-5-9-16/h3-12,14-15,20H,2,13H2,1H3. The van der Waals surface area contributed by atoms with Crippen LogP contribution in [0.3, 0.4) is 0 Å². The highest BCUT2D eigenvalue weighted by Crippen LogP contribution is 2.30. The second kappa shape index (κ2) is 6.61. The fraction of sp³-hybridized carbons (Fsp3) is 0.211. The molecule has 1 atom stereocenters. The summed E-state index contributed by atoms with van der Waals surface area (Å²) in [5.74, 6) is 0.0908. The smallest absolute Gasteiger partial charge is 0.208 e. The highest BCUT2D eigenvalue weighted by atomic mass is 32.2. The Labute approximate surface area is 142 Å². The fourth-order valence-corrected chi connectivity index (χ4v) is 4.35. The third-order valence-corrected chi connectivity index (χ3v) is 6.08. The zero-order valence-electron chi connectivity index (χ0n) is 13.5. The van der Waals surface area contributed by atoms with Crippen LogP contribution in [-0.2, 0) is 16.4 Å². The molecule has 0 spiro atoms. The minimum atomic E-state index is -3.57. The molecule has 0 aliphatic carbocycles. The van der Waals surface area contributed by atoms with Crippen LogP contribution in [0.5, 0.6) is 0 Å². The molecule has 5 heteroatoms. The van der Waals surface area contributed by atoms with Crippen LogP contribution in [0.2, 0.25) is 0 Å². The molecule has 0 fully saturated rings. The Kier molecular flexibility index (Phi) is 4.53. The maximum Gasteiger partial charge on any atom is 0.208 e. The number of sulfone groups is 1. The van der Waals surface area contributed by atoms with Crippen LogP contribution in [0, 0.1) is 11.3 Å². The van der Waals surface area contributed by atoms with Gasteiger partial charge in [-0.2, -0.15) is 0 Å². The van der Waals surface area contributed by atoms with E-state index in [1.165, 1.54) is 6.21 Å².